The fourth-order valence-corrected chi connectivity index (χ4v) is 2.74. The number of esters is 1. The fraction of sp³-hybridized carbons (Fsp3) is 0.600. The first-order chi connectivity index (χ1) is 8.10. The molecule has 2 atom stereocenters. The van der Waals surface area contributed by atoms with E-state index in [1.54, 1.807) is 6.20 Å². The number of carbonyl (C=O) groups excluding carboxylic acids is 1. The lowest BCUT2D eigenvalue weighted by Gasteiger charge is -2.20. The highest BCUT2D eigenvalue weighted by Crippen LogP contribution is 2.24. The molecule has 0 bridgehead atoms. The minimum Gasteiger partial charge on any atom is -0.468 e. The molecule has 0 aliphatic carbocycles. The van der Waals surface area contributed by atoms with Gasteiger partial charge in [-0.1, -0.05) is 0 Å². The summed E-state index contributed by atoms with van der Waals surface area (Å²) in [4.78, 5) is 18.4. The molecule has 1 aliphatic rings. The minimum atomic E-state index is -0.482. The summed E-state index contributed by atoms with van der Waals surface area (Å²) in [5.74, 6) is -0.306. The number of thiazole rings is 1. The van der Waals surface area contributed by atoms with Crippen LogP contribution in [0.15, 0.2) is 6.20 Å². The minimum absolute atomic E-state index is 0. The van der Waals surface area contributed by atoms with E-state index < -0.39 is 6.10 Å². The molecule has 8 heteroatoms. The summed E-state index contributed by atoms with van der Waals surface area (Å²) in [7, 11) is 1.36. The van der Waals surface area contributed by atoms with Crippen molar-refractivity contribution in [3.05, 3.63) is 11.1 Å². The highest BCUT2D eigenvalue weighted by Gasteiger charge is 2.36. The molecule has 0 radical (unpaired) electrons. The number of methoxy groups -OCH3 is 1. The van der Waals surface area contributed by atoms with E-state index in [2.05, 4.69) is 4.98 Å². The smallest absolute Gasteiger partial charge is 0.323 e. The number of anilines is 1. The van der Waals surface area contributed by atoms with Gasteiger partial charge < -0.3 is 15.6 Å². The van der Waals surface area contributed by atoms with Crippen molar-refractivity contribution in [3.63, 3.8) is 0 Å². The van der Waals surface area contributed by atoms with Crippen LogP contribution in [0.5, 0.6) is 0 Å². The van der Waals surface area contributed by atoms with Crippen molar-refractivity contribution in [2.24, 2.45) is 0 Å². The lowest BCUT2D eigenvalue weighted by atomic mass is 10.2. The standard InChI is InChI=1S/C10H15N3O3S.ClH/c1-16-9(15)8-2-6(14)4-13(8)5-7-3-12-10(11)17-7;/h3,6,8,14H,2,4-5H2,1H3,(H2,11,12);1H/t6-,8+;/m1./s1. The monoisotopic (exact) mass is 293 g/mol. The topological polar surface area (TPSA) is 88.7 Å². The maximum atomic E-state index is 11.6. The number of nitrogens with two attached hydrogens (primary N) is 1. The van der Waals surface area contributed by atoms with Crippen LogP contribution >= 0.6 is 23.7 Å². The van der Waals surface area contributed by atoms with Gasteiger partial charge >= 0.3 is 5.97 Å². The molecule has 0 unspecified atom stereocenters. The van der Waals surface area contributed by atoms with Crippen molar-refractivity contribution < 1.29 is 14.6 Å². The molecule has 2 rings (SSSR count). The van der Waals surface area contributed by atoms with Gasteiger partial charge in [-0.15, -0.1) is 23.7 Å². The number of ether oxygens (including phenoxy) is 1. The summed E-state index contributed by atoms with van der Waals surface area (Å²) in [6.07, 6.45) is 1.63. The van der Waals surface area contributed by atoms with Gasteiger partial charge in [0.05, 0.1) is 13.2 Å². The Kier molecular flexibility index (Phi) is 5.33. The predicted octanol–water partition coefficient (Wildman–Crippen LogP) is 0.255. The Labute approximate surface area is 115 Å². The first-order valence-electron chi connectivity index (χ1n) is 5.30. The number of likely N-dealkylation sites (tertiary alicyclic amines) is 1. The van der Waals surface area contributed by atoms with Gasteiger partial charge in [0.2, 0.25) is 0 Å². The normalized spacial score (nSPS) is 23.7. The highest BCUT2D eigenvalue weighted by atomic mass is 35.5. The fourth-order valence-electron chi connectivity index (χ4n) is 2.03. The van der Waals surface area contributed by atoms with Crippen LogP contribution in [0, 0.1) is 0 Å². The number of halogens is 1. The summed E-state index contributed by atoms with van der Waals surface area (Å²) in [6.45, 7) is 1.03. The van der Waals surface area contributed by atoms with Crippen LogP contribution in [0.3, 0.4) is 0 Å². The summed E-state index contributed by atoms with van der Waals surface area (Å²) in [5.41, 5.74) is 5.55. The van der Waals surface area contributed by atoms with Gasteiger partial charge in [0.25, 0.3) is 0 Å². The van der Waals surface area contributed by atoms with Crippen LogP contribution in [-0.4, -0.2) is 46.8 Å². The third-order valence-corrected chi connectivity index (χ3v) is 3.60. The van der Waals surface area contributed by atoms with Gasteiger partial charge in [-0.3, -0.25) is 9.69 Å². The lowest BCUT2D eigenvalue weighted by Crippen LogP contribution is -2.36. The first-order valence-corrected chi connectivity index (χ1v) is 6.12. The van der Waals surface area contributed by atoms with Gasteiger partial charge in [0, 0.05) is 30.6 Å². The zero-order chi connectivity index (χ0) is 12.4. The zero-order valence-corrected chi connectivity index (χ0v) is 11.5. The summed E-state index contributed by atoms with van der Waals surface area (Å²) >= 11 is 1.39. The van der Waals surface area contributed by atoms with Crippen LogP contribution in [0.2, 0.25) is 0 Å². The Hall–Kier alpha value is -0.890. The number of nitrogen functional groups attached to an aromatic ring is 1. The number of rotatable bonds is 3. The number of aromatic nitrogens is 1. The second kappa shape index (κ2) is 6.33. The van der Waals surface area contributed by atoms with E-state index in [-0.39, 0.29) is 24.4 Å². The molecule has 1 aromatic heterocycles. The van der Waals surface area contributed by atoms with E-state index in [0.717, 1.165) is 4.88 Å². The van der Waals surface area contributed by atoms with Crippen LogP contribution in [0.1, 0.15) is 11.3 Å². The average Bonchev–Trinajstić information content (AvgIpc) is 2.85. The number of hydrogen-bond donors (Lipinski definition) is 2. The molecule has 1 aromatic rings. The summed E-state index contributed by atoms with van der Waals surface area (Å²) in [5, 5.41) is 10.1. The maximum absolute atomic E-state index is 11.6. The Morgan fingerprint density at radius 1 is 1.78 bits per heavy atom. The second-order valence-corrected chi connectivity index (χ2v) is 5.17. The molecule has 3 N–H and O–H groups in total. The predicted molar refractivity (Wildman–Crippen MR) is 70.6 cm³/mol. The van der Waals surface area contributed by atoms with Crippen molar-refractivity contribution >= 4 is 34.8 Å². The van der Waals surface area contributed by atoms with Crippen molar-refractivity contribution in [2.45, 2.75) is 25.1 Å². The molecule has 102 valence electrons. The number of carbonyl (C=O) groups is 1. The molecule has 0 saturated carbocycles. The number of aliphatic hydroxyl groups excluding tert-OH is 1. The van der Waals surface area contributed by atoms with Crippen LogP contribution in [0.4, 0.5) is 5.13 Å². The zero-order valence-electron chi connectivity index (χ0n) is 9.91. The van der Waals surface area contributed by atoms with Crippen LogP contribution < -0.4 is 5.73 Å². The molecule has 6 nitrogen and oxygen atoms in total. The molecule has 0 amide bonds. The van der Waals surface area contributed by atoms with Gasteiger partial charge in [-0.05, 0) is 0 Å². The first kappa shape index (κ1) is 15.2. The van der Waals surface area contributed by atoms with E-state index in [1.807, 2.05) is 4.90 Å². The molecule has 0 spiro atoms. The Bertz CT molecular complexity index is 415. The lowest BCUT2D eigenvalue weighted by molar-refractivity contribution is -0.146. The molecule has 1 fully saturated rings. The third-order valence-electron chi connectivity index (χ3n) is 2.79. The average molecular weight is 294 g/mol. The summed E-state index contributed by atoms with van der Waals surface area (Å²) in [6, 6.07) is -0.377. The number of β-amino-alcohol motifs (C(OH)–C–C–N with tert-alkyl or cyclic N) is 1. The third kappa shape index (κ3) is 3.32. The van der Waals surface area contributed by atoms with Crippen molar-refractivity contribution in [1.82, 2.24) is 9.88 Å². The van der Waals surface area contributed by atoms with Gasteiger partial charge in [-0.25, -0.2) is 4.98 Å². The molecule has 0 aromatic carbocycles. The Morgan fingerprint density at radius 3 is 3.06 bits per heavy atom. The van der Waals surface area contributed by atoms with Gasteiger partial charge in [0.15, 0.2) is 5.13 Å². The van der Waals surface area contributed by atoms with E-state index >= 15 is 0 Å². The van der Waals surface area contributed by atoms with Crippen molar-refractivity contribution in [1.29, 1.82) is 0 Å². The number of nitrogens with zero attached hydrogens (tertiary/aromatic N) is 2. The van der Waals surface area contributed by atoms with Crippen molar-refractivity contribution in [3.8, 4) is 0 Å². The quantitative estimate of drug-likeness (QED) is 0.777. The maximum Gasteiger partial charge on any atom is 0.323 e. The SMILES string of the molecule is COC(=O)[C@@H]1C[C@@H](O)CN1Cc1cnc(N)s1.Cl. The van der Waals surface area contributed by atoms with E-state index in [0.29, 0.717) is 24.6 Å². The molecule has 2 heterocycles. The molecule has 18 heavy (non-hydrogen) atoms. The van der Waals surface area contributed by atoms with Gasteiger partial charge in [-0.2, -0.15) is 0 Å². The molecular weight excluding hydrogens is 278 g/mol. The van der Waals surface area contributed by atoms with Crippen LogP contribution in [-0.2, 0) is 16.1 Å². The van der Waals surface area contributed by atoms with E-state index in [9.17, 15) is 9.90 Å². The Balaban J connectivity index is 0.00000162. The van der Waals surface area contributed by atoms with Gasteiger partial charge in [0.1, 0.15) is 6.04 Å². The van der Waals surface area contributed by atoms with Crippen molar-refractivity contribution in [2.75, 3.05) is 19.4 Å². The largest absolute Gasteiger partial charge is 0.468 e. The molecule has 1 saturated heterocycles. The van der Waals surface area contributed by atoms with E-state index in [4.69, 9.17) is 10.5 Å². The van der Waals surface area contributed by atoms with Crippen LogP contribution in [0.25, 0.3) is 0 Å². The summed E-state index contributed by atoms with van der Waals surface area (Å²) < 4.78 is 4.73. The molecular formula is C10H16ClN3O3S. The Morgan fingerprint density at radius 2 is 2.50 bits per heavy atom. The highest BCUT2D eigenvalue weighted by molar-refractivity contribution is 7.15. The second-order valence-electron chi connectivity index (χ2n) is 4.02. The number of hydrogen-bond acceptors (Lipinski definition) is 7. The van der Waals surface area contributed by atoms with E-state index in [1.165, 1.54) is 18.4 Å². The molecule has 1 aliphatic heterocycles. The number of aliphatic hydroxyl groups is 1.